The molecule has 0 unspecified atom stereocenters. The lowest BCUT2D eigenvalue weighted by molar-refractivity contribution is -0.107. The molecular formula is C30H32FN5O2. The van der Waals surface area contributed by atoms with Gasteiger partial charge in [0, 0.05) is 37.6 Å². The second kappa shape index (κ2) is 11.3. The molecule has 0 bridgehead atoms. The van der Waals surface area contributed by atoms with Gasteiger partial charge >= 0.3 is 0 Å². The van der Waals surface area contributed by atoms with Gasteiger partial charge in [0.2, 0.25) is 12.4 Å². The Morgan fingerprint density at radius 3 is 2.34 bits per heavy atom. The number of benzene rings is 2. The summed E-state index contributed by atoms with van der Waals surface area (Å²) in [6.07, 6.45) is 2.54. The average Bonchev–Trinajstić information content (AvgIpc) is 3.24. The lowest BCUT2D eigenvalue weighted by Crippen LogP contribution is -2.33. The Labute approximate surface area is 222 Å². The quantitative estimate of drug-likeness (QED) is 0.217. The van der Waals surface area contributed by atoms with E-state index < -0.39 is 5.95 Å². The van der Waals surface area contributed by atoms with Gasteiger partial charge in [0.1, 0.15) is 5.82 Å². The Kier molecular flexibility index (Phi) is 7.90. The van der Waals surface area contributed by atoms with E-state index in [-0.39, 0.29) is 11.3 Å². The Morgan fingerprint density at radius 1 is 1.03 bits per heavy atom. The third kappa shape index (κ3) is 6.26. The highest BCUT2D eigenvalue weighted by molar-refractivity contribution is 6.05. The van der Waals surface area contributed by atoms with E-state index in [0.29, 0.717) is 35.9 Å². The van der Waals surface area contributed by atoms with Crippen molar-refractivity contribution >= 4 is 29.5 Å². The SMILES string of the molecule is CNC(=O)c1cn(Cc2ccc(-c3cccc(F)n3)cc2)c(Nc2ccccc2)c1N(C=O)CC(C)(C)C. The molecule has 4 rings (SSSR count). The summed E-state index contributed by atoms with van der Waals surface area (Å²) >= 11 is 0. The normalized spacial score (nSPS) is 11.2. The minimum atomic E-state index is -0.528. The fourth-order valence-corrected chi connectivity index (χ4v) is 4.28. The number of nitrogens with zero attached hydrogens (tertiary/aromatic N) is 3. The molecule has 0 aliphatic carbocycles. The fourth-order valence-electron chi connectivity index (χ4n) is 4.28. The molecule has 0 saturated carbocycles. The number of para-hydroxylation sites is 1. The first-order valence-corrected chi connectivity index (χ1v) is 12.4. The van der Waals surface area contributed by atoms with Gasteiger partial charge in [-0.3, -0.25) is 9.59 Å². The predicted octanol–water partition coefficient (Wildman–Crippen LogP) is 5.85. The van der Waals surface area contributed by atoms with E-state index in [9.17, 15) is 14.0 Å². The third-order valence-electron chi connectivity index (χ3n) is 5.94. The highest BCUT2D eigenvalue weighted by Gasteiger charge is 2.28. The second-order valence-corrected chi connectivity index (χ2v) is 10.3. The number of carbonyl (C=O) groups is 2. The standard InChI is InChI=1S/C30H32FN5O2/c1-30(2,3)19-36(20-37)27-24(29(38)32-4)18-35(28(27)33-23-9-6-5-7-10-23)17-21-13-15-22(16-14-21)25-11-8-12-26(31)34-25/h5-16,18,20,33H,17,19H2,1-4H3,(H,32,38). The zero-order valence-electron chi connectivity index (χ0n) is 22.0. The van der Waals surface area contributed by atoms with Crippen LogP contribution >= 0.6 is 0 Å². The number of nitrogens with one attached hydrogen (secondary N) is 2. The van der Waals surface area contributed by atoms with Crippen LogP contribution in [0.5, 0.6) is 0 Å². The van der Waals surface area contributed by atoms with Crippen LogP contribution in [0.2, 0.25) is 0 Å². The average molecular weight is 514 g/mol. The number of amides is 2. The fraction of sp³-hybridized carbons (Fsp3) is 0.233. The summed E-state index contributed by atoms with van der Waals surface area (Å²) in [6, 6.07) is 22.0. The number of hydrogen-bond acceptors (Lipinski definition) is 4. The van der Waals surface area contributed by atoms with Gasteiger partial charge in [-0.05, 0) is 35.2 Å². The van der Waals surface area contributed by atoms with Crippen LogP contribution in [0.4, 0.5) is 21.6 Å². The first-order chi connectivity index (χ1) is 18.2. The summed E-state index contributed by atoms with van der Waals surface area (Å²) < 4.78 is 15.5. The van der Waals surface area contributed by atoms with Crippen LogP contribution in [0.1, 0.15) is 36.7 Å². The molecule has 0 atom stereocenters. The maximum Gasteiger partial charge on any atom is 0.254 e. The summed E-state index contributed by atoms with van der Waals surface area (Å²) in [4.78, 5) is 30.9. The molecule has 38 heavy (non-hydrogen) atoms. The van der Waals surface area contributed by atoms with Gasteiger partial charge in [-0.1, -0.05) is 69.3 Å². The molecule has 2 amide bonds. The molecule has 2 heterocycles. The molecule has 2 aromatic heterocycles. The number of pyridine rings is 1. The van der Waals surface area contributed by atoms with Crippen molar-refractivity contribution in [2.45, 2.75) is 27.3 Å². The smallest absolute Gasteiger partial charge is 0.254 e. The van der Waals surface area contributed by atoms with Gasteiger partial charge in [0.15, 0.2) is 0 Å². The van der Waals surface area contributed by atoms with Gasteiger partial charge in [-0.25, -0.2) is 4.98 Å². The van der Waals surface area contributed by atoms with Crippen LogP contribution in [0.15, 0.2) is 79.0 Å². The van der Waals surface area contributed by atoms with E-state index in [0.717, 1.165) is 23.2 Å². The number of rotatable bonds is 9. The Balaban J connectivity index is 1.78. The molecule has 7 nitrogen and oxygen atoms in total. The summed E-state index contributed by atoms with van der Waals surface area (Å²) in [5.74, 6) is -0.190. The van der Waals surface area contributed by atoms with Crippen molar-refractivity contribution in [1.82, 2.24) is 14.9 Å². The number of hydrogen-bond donors (Lipinski definition) is 2. The van der Waals surface area contributed by atoms with Gasteiger partial charge < -0.3 is 20.1 Å². The van der Waals surface area contributed by atoms with E-state index >= 15 is 0 Å². The van der Waals surface area contributed by atoms with Gasteiger partial charge in [0.05, 0.1) is 16.9 Å². The molecule has 2 aromatic carbocycles. The molecular weight excluding hydrogens is 481 g/mol. The van der Waals surface area contributed by atoms with Gasteiger partial charge in [-0.2, -0.15) is 4.39 Å². The molecule has 0 aliphatic rings. The van der Waals surface area contributed by atoms with Crippen molar-refractivity contribution < 1.29 is 14.0 Å². The molecule has 0 saturated heterocycles. The van der Waals surface area contributed by atoms with Crippen molar-refractivity contribution in [3.63, 3.8) is 0 Å². The zero-order chi connectivity index (χ0) is 27.3. The van der Waals surface area contributed by atoms with E-state index in [1.165, 1.54) is 6.07 Å². The number of halogens is 1. The molecule has 2 N–H and O–H groups in total. The third-order valence-corrected chi connectivity index (χ3v) is 5.94. The molecule has 8 heteroatoms. The largest absolute Gasteiger partial charge is 0.355 e. The summed E-state index contributed by atoms with van der Waals surface area (Å²) in [6.45, 7) is 6.97. The van der Waals surface area contributed by atoms with Crippen molar-refractivity contribution in [1.29, 1.82) is 0 Å². The minimum absolute atomic E-state index is 0.201. The summed E-state index contributed by atoms with van der Waals surface area (Å²) in [7, 11) is 1.57. The zero-order valence-corrected chi connectivity index (χ0v) is 22.0. The molecule has 0 spiro atoms. The lowest BCUT2D eigenvalue weighted by Gasteiger charge is -2.28. The van der Waals surface area contributed by atoms with Crippen LogP contribution < -0.4 is 15.5 Å². The Morgan fingerprint density at radius 2 is 1.74 bits per heavy atom. The first kappa shape index (κ1) is 26.6. The van der Waals surface area contributed by atoms with Crippen molar-refractivity contribution in [3.05, 3.63) is 96.1 Å². The van der Waals surface area contributed by atoms with Gasteiger partial charge in [0.25, 0.3) is 5.91 Å². The predicted molar refractivity (Wildman–Crippen MR) is 149 cm³/mol. The van der Waals surface area contributed by atoms with Crippen LogP contribution in [0.3, 0.4) is 0 Å². The molecule has 4 aromatic rings. The Hall–Kier alpha value is -4.46. The number of aromatic nitrogens is 2. The van der Waals surface area contributed by atoms with Crippen LogP contribution in [0, 0.1) is 11.4 Å². The topological polar surface area (TPSA) is 79.3 Å². The van der Waals surface area contributed by atoms with E-state index in [4.69, 9.17) is 0 Å². The maximum atomic E-state index is 13.6. The first-order valence-electron chi connectivity index (χ1n) is 12.4. The number of carbonyl (C=O) groups excluding carboxylic acids is 2. The van der Waals surface area contributed by atoms with Crippen molar-refractivity contribution in [2.75, 3.05) is 23.8 Å². The molecule has 0 aliphatic heterocycles. The van der Waals surface area contributed by atoms with E-state index in [1.807, 2.05) is 79.9 Å². The van der Waals surface area contributed by atoms with Crippen molar-refractivity contribution in [2.24, 2.45) is 5.41 Å². The monoisotopic (exact) mass is 513 g/mol. The lowest BCUT2D eigenvalue weighted by atomic mass is 9.96. The second-order valence-electron chi connectivity index (χ2n) is 10.3. The van der Waals surface area contributed by atoms with Crippen LogP contribution in [-0.4, -0.2) is 35.5 Å². The van der Waals surface area contributed by atoms with Crippen LogP contribution in [-0.2, 0) is 11.3 Å². The van der Waals surface area contributed by atoms with Crippen molar-refractivity contribution in [3.8, 4) is 11.3 Å². The van der Waals surface area contributed by atoms with Crippen LogP contribution in [0.25, 0.3) is 11.3 Å². The molecule has 196 valence electrons. The number of anilines is 3. The maximum absolute atomic E-state index is 13.6. The van der Waals surface area contributed by atoms with E-state index in [2.05, 4.69) is 15.6 Å². The Bertz CT molecular complexity index is 1410. The molecule has 0 radical (unpaired) electrons. The summed E-state index contributed by atoms with van der Waals surface area (Å²) in [5, 5.41) is 6.14. The molecule has 0 fully saturated rings. The van der Waals surface area contributed by atoms with E-state index in [1.54, 1.807) is 30.3 Å². The van der Waals surface area contributed by atoms with Gasteiger partial charge in [-0.15, -0.1) is 0 Å². The highest BCUT2D eigenvalue weighted by Crippen LogP contribution is 2.36. The summed E-state index contributed by atoms with van der Waals surface area (Å²) in [5.41, 5.74) is 3.84. The minimum Gasteiger partial charge on any atom is -0.355 e. The highest BCUT2D eigenvalue weighted by atomic mass is 19.1.